The van der Waals surface area contributed by atoms with E-state index in [-0.39, 0.29) is 0 Å². The molecule has 5 heteroatoms. The number of hydrogen-bond donors (Lipinski definition) is 0. The van der Waals surface area contributed by atoms with E-state index in [9.17, 15) is 0 Å². The zero-order valence-electron chi connectivity index (χ0n) is 8.63. The highest BCUT2D eigenvalue weighted by molar-refractivity contribution is 6.30. The van der Waals surface area contributed by atoms with Gasteiger partial charge in [0.15, 0.2) is 5.76 Å². The van der Waals surface area contributed by atoms with Crippen molar-refractivity contribution in [3.63, 3.8) is 0 Å². The highest BCUT2D eigenvalue weighted by Gasteiger charge is 2.12. The normalized spacial score (nSPS) is 10.6. The van der Waals surface area contributed by atoms with Crippen LogP contribution >= 0.6 is 11.6 Å². The van der Waals surface area contributed by atoms with Crippen LogP contribution in [0.2, 0.25) is 5.02 Å². The molecule has 4 nitrogen and oxygen atoms in total. The molecule has 0 fully saturated rings. The Morgan fingerprint density at radius 2 is 1.88 bits per heavy atom. The fourth-order valence-electron chi connectivity index (χ4n) is 1.46. The van der Waals surface area contributed by atoms with E-state index in [1.807, 2.05) is 12.1 Å². The van der Waals surface area contributed by atoms with Crippen molar-refractivity contribution in [3.05, 3.63) is 47.7 Å². The first-order valence-corrected chi connectivity index (χ1v) is 5.34. The van der Waals surface area contributed by atoms with Crippen molar-refractivity contribution < 1.29 is 8.83 Å². The summed E-state index contributed by atoms with van der Waals surface area (Å²) in [6.45, 7) is 0. The van der Waals surface area contributed by atoms with Crippen molar-refractivity contribution >= 4 is 11.6 Å². The lowest BCUT2D eigenvalue weighted by Gasteiger charge is -1.94. The molecule has 17 heavy (non-hydrogen) atoms. The molecule has 3 aromatic rings. The SMILES string of the molecule is Clc1cccc(-c2nnc(-c3ccco3)o2)c1. The molecule has 0 radical (unpaired) electrons. The number of nitrogens with zero attached hydrogens (tertiary/aromatic N) is 2. The third kappa shape index (κ3) is 1.94. The van der Waals surface area contributed by atoms with Crippen LogP contribution in [0.5, 0.6) is 0 Å². The van der Waals surface area contributed by atoms with Gasteiger partial charge in [-0.05, 0) is 30.3 Å². The Hall–Kier alpha value is -2.07. The maximum Gasteiger partial charge on any atom is 0.283 e. The van der Waals surface area contributed by atoms with E-state index in [1.165, 1.54) is 0 Å². The molecule has 0 saturated heterocycles. The van der Waals surface area contributed by atoms with Crippen LogP contribution in [0.3, 0.4) is 0 Å². The quantitative estimate of drug-likeness (QED) is 0.693. The molecule has 0 N–H and O–H groups in total. The standard InChI is InChI=1S/C12H7ClN2O2/c13-9-4-1-3-8(7-9)11-14-15-12(17-11)10-5-2-6-16-10/h1-7H. The molecule has 0 aliphatic rings. The molecular formula is C12H7ClN2O2. The highest BCUT2D eigenvalue weighted by atomic mass is 35.5. The topological polar surface area (TPSA) is 52.1 Å². The molecule has 0 amide bonds. The minimum atomic E-state index is 0.352. The summed E-state index contributed by atoms with van der Waals surface area (Å²) in [6.07, 6.45) is 1.55. The number of hydrogen-bond acceptors (Lipinski definition) is 4. The molecule has 0 bridgehead atoms. The second-order valence-corrected chi connectivity index (χ2v) is 3.84. The van der Waals surface area contributed by atoms with E-state index in [2.05, 4.69) is 10.2 Å². The van der Waals surface area contributed by atoms with Gasteiger partial charge in [-0.25, -0.2) is 0 Å². The minimum absolute atomic E-state index is 0.352. The Labute approximate surface area is 102 Å². The van der Waals surface area contributed by atoms with Gasteiger partial charge in [-0.2, -0.15) is 0 Å². The molecule has 1 aromatic carbocycles. The molecular weight excluding hydrogens is 240 g/mol. The van der Waals surface area contributed by atoms with Crippen LogP contribution in [0.4, 0.5) is 0 Å². The highest BCUT2D eigenvalue weighted by Crippen LogP contribution is 2.25. The summed E-state index contributed by atoms with van der Waals surface area (Å²) < 4.78 is 10.7. The predicted molar refractivity (Wildman–Crippen MR) is 62.4 cm³/mol. The van der Waals surface area contributed by atoms with Crippen molar-refractivity contribution in [2.75, 3.05) is 0 Å². The Balaban J connectivity index is 2.01. The molecule has 0 unspecified atom stereocenters. The van der Waals surface area contributed by atoms with Crippen LogP contribution < -0.4 is 0 Å². The van der Waals surface area contributed by atoms with Gasteiger partial charge in [0, 0.05) is 10.6 Å². The van der Waals surface area contributed by atoms with Crippen LogP contribution in [-0.2, 0) is 0 Å². The second kappa shape index (κ2) is 4.07. The van der Waals surface area contributed by atoms with Crippen molar-refractivity contribution in [2.45, 2.75) is 0 Å². The molecule has 0 atom stereocenters. The summed E-state index contributed by atoms with van der Waals surface area (Å²) in [5.41, 5.74) is 0.780. The second-order valence-electron chi connectivity index (χ2n) is 3.40. The Morgan fingerprint density at radius 1 is 1.00 bits per heavy atom. The van der Waals surface area contributed by atoms with Gasteiger partial charge < -0.3 is 8.83 Å². The van der Waals surface area contributed by atoms with Gasteiger partial charge in [0.05, 0.1) is 6.26 Å². The van der Waals surface area contributed by atoms with Crippen LogP contribution in [0.15, 0.2) is 51.5 Å². The number of aromatic nitrogens is 2. The fraction of sp³-hybridized carbons (Fsp3) is 0. The summed E-state index contributed by atoms with van der Waals surface area (Å²) in [5.74, 6) is 1.31. The summed E-state index contributed by atoms with van der Waals surface area (Å²) >= 11 is 5.89. The van der Waals surface area contributed by atoms with E-state index in [0.29, 0.717) is 22.6 Å². The maximum atomic E-state index is 5.89. The molecule has 84 valence electrons. The average Bonchev–Trinajstić information content (AvgIpc) is 3.00. The summed E-state index contributed by atoms with van der Waals surface area (Å²) in [6, 6.07) is 10.8. The van der Waals surface area contributed by atoms with Crippen molar-refractivity contribution in [1.29, 1.82) is 0 Å². The van der Waals surface area contributed by atoms with Gasteiger partial charge in [-0.15, -0.1) is 10.2 Å². The summed E-state index contributed by atoms with van der Waals surface area (Å²) in [5, 5.41) is 8.48. The number of furan rings is 1. The van der Waals surface area contributed by atoms with Gasteiger partial charge in [0.2, 0.25) is 5.89 Å². The van der Waals surface area contributed by atoms with E-state index >= 15 is 0 Å². The Kier molecular flexibility index (Phi) is 2.42. The third-order valence-electron chi connectivity index (χ3n) is 2.23. The lowest BCUT2D eigenvalue weighted by atomic mass is 10.2. The molecule has 3 rings (SSSR count). The molecule has 0 aliphatic heterocycles. The molecule has 0 aliphatic carbocycles. The van der Waals surface area contributed by atoms with E-state index in [4.69, 9.17) is 20.4 Å². The van der Waals surface area contributed by atoms with Crippen LogP contribution in [-0.4, -0.2) is 10.2 Å². The average molecular weight is 247 g/mol. The van der Waals surface area contributed by atoms with Crippen LogP contribution in [0, 0.1) is 0 Å². The first kappa shape index (κ1) is 10.1. The van der Waals surface area contributed by atoms with E-state index in [0.717, 1.165) is 5.56 Å². The van der Waals surface area contributed by atoms with Gasteiger partial charge in [-0.3, -0.25) is 0 Å². The van der Waals surface area contributed by atoms with Gasteiger partial charge in [0.1, 0.15) is 0 Å². The molecule has 2 aromatic heterocycles. The number of rotatable bonds is 2. The third-order valence-corrected chi connectivity index (χ3v) is 2.46. The van der Waals surface area contributed by atoms with Gasteiger partial charge in [0.25, 0.3) is 5.89 Å². The summed E-state index contributed by atoms with van der Waals surface area (Å²) in [4.78, 5) is 0. The fourth-order valence-corrected chi connectivity index (χ4v) is 1.65. The van der Waals surface area contributed by atoms with Gasteiger partial charge >= 0.3 is 0 Å². The van der Waals surface area contributed by atoms with E-state index in [1.54, 1.807) is 30.5 Å². The lowest BCUT2D eigenvalue weighted by Crippen LogP contribution is -1.76. The predicted octanol–water partition coefficient (Wildman–Crippen LogP) is 3.65. The summed E-state index contributed by atoms with van der Waals surface area (Å²) in [7, 11) is 0. The van der Waals surface area contributed by atoms with Crippen molar-refractivity contribution in [2.24, 2.45) is 0 Å². The number of benzene rings is 1. The molecule has 0 saturated carbocycles. The minimum Gasteiger partial charge on any atom is -0.459 e. The number of halogens is 1. The maximum absolute atomic E-state index is 5.89. The van der Waals surface area contributed by atoms with E-state index < -0.39 is 0 Å². The monoisotopic (exact) mass is 246 g/mol. The molecule has 2 heterocycles. The van der Waals surface area contributed by atoms with Crippen LogP contribution in [0.1, 0.15) is 0 Å². The molecule has 0 spiro atoms. The largest absolute Gasteiger partial charge is 0.459 e. The Bertz CT molecular complexity index is 632. The zero-order valence-corrected chi connectivity index (χ0v) is 9.39. The Morgan fingerprint density at radius 3 is 2.65 bits per heavy atom. The van der Waals surface area contributed by atoms with Crippen molar-refractivity contribution in [3.8, 4) is 23.1 Å². The van der Waals surface area contributed by atoms with Crippen LogP contribution in [0.25, 0.3) is 23.1 Å². The smallest absolute Gasteiger partial charge is 0.283 e. The first-order valence-electron chi connectivity index (χ1n) is 4.96. The lowest BCUT2D eigenvalue weighted by molar-refractivity contribution is 0.523. The van der Waals surface area contributed by atoms with Gasteiger partial charge in [-0.1, -0.05) is 17.7 Å². The van der Waals surface area contributed by atoms with Crippen molar-refractivity contribution in [1.82, 2.24) is 10.2 Å². The first-order chi connectivity index (χ1) is 8.33. The zero-order chi connectivity index (χ0) is 11.7.